The van der Waals surface area contributed by atoms with Gasteiger partial charge >= 0.3 is 0 Å². The molecule has 0 fully saturated rings. The quantitative estimate of drug-likeness (QED) is 0.292. The SMILES string of the molecule is c1c[nH]c(N2C(c3ccsn3)=C(c3conn3)C(c3cn[nH]n3)=C(c3nn[nH]n3)C2c2csnn2)c1. The number of anilines is 1. The molecule has 15 nitrogen and oxygen atoms in total. The molecule has 6 aromatic heterocycles. The maximum Gasteiger partial charge on any atom is 0.203 e. The fourth-order valence-electron chi connectivity index (χ4n) is 4.28. The third-order valence-electron chi connectivity index (χ3n) is 5.58. The van der Waals surface area contributed by atoms with Gasteiger partial charge in [-0.25, -0.2) is 0 Å². The molecule has 17 heteroatoms. The van der Waals surface area contributed by atoms with Gasteiger partial charge in [-0.3, -0.25) is 0 Å². The molecule has 7 rings (SSSR count). The number of H-pyrrole nitrogens is 3. The van der Waals surface area contributed by atoms with Gasteiger partial charge in [0.1, 0.15) is 34.6 Å². The number of aromatic amines is 3. The van der Waals surface area contributed by atoms with E-state index in [0.29, 0.717) is 45.3 Å². The van der Waals surface area contributed by atoms with Gasteiger partial charge < -0.3 is 14.4 Å². The summed E-state index contributed by atoms with van der Waals surface area (Å²) in [5.41, 5.74) is 5.02. The summed E-state index contributed by atoms with van der Waals surface area (Å²) in [6, 6.07) is 5.24. The van der Waals surface area contributed by atoms with E-state index in [2.05, 4.69) is 70.2 Å². The van der Waals surface area contributed by atoms with Crippen LogP contribution in [0.5, 0.6) is 0 Å². The third-order valence-corrected chi connectivity index (χ3v) is 6.66. The van der Waals surface area contributed by atoms with Crippen LogP contribution < -0.4 is 4.90 Å². The molecule has 1 aliphatic rings. The number of tetrazole rings is 1. The lowest BCUT2D eigenvalue weighted by Gasteiger charge is -2.39. The fourth-order valence-corrected chi connectivity index (χ4v) is 5.26. The van der Waals surface area contributed by atoms with Crippen molar-refractivity contribution in [1.82, 2.24) is 65.3 Å². The Kier molecular flexibility index (Phi) is 4.77. The summed E-state index contributed by atoms with van der Waals surface area (Å²) in [6.45, 7) is 0. The van der Waals surface area contributed by atoms with Gasteiger partial charge in [-0.05, 0) is 46.5 Å². The minimum atomic E-state index is -0.549. The highest BCUT2D eigenvalue weighted by Crippen LogP contribution is 2.53. The monoisotopic (exact) mass is 516 g/mol. The van der Waals surface area contributed by atoms with Crippen LogP contribution in [-0.2, 0) is 0 Å². The number of allylic oxidation sites excluding steroid dienone is 2. The molecule has 7 heterocycles. The van der Waals surface area contributed by atoms with Crippen LogP contribution in [0.25, 0.3) is 22.4 Å². The second-order valence-electron chi connectivity index (χ2n) is 7.44. The smallest absolute Gasteiger partial charge is 0.203 e. The summed E-state index contributed by atoms with van der Waals surface area (Å²) in [6.07, 6.45) is 4.92. The van der Waals surface area contributed by atoms with Crippen LogP contribution in [0.4, 0.5) is 5.82 Å². The second-order valence-corrected chi connectivity index (χ2v) is 8.71. The molecule has 36 heavy (non-hydrogen) atoms. The van der Waals surface area contributed by atoms with E-state index in [1.54, 1.807) is 6.20 Å². The molecule has 6 aromatic rings. The largest absolute Gasteiger partial charge is 0.348 e. The van der Waals surface area contributed by atoms with E-state index in [1.165, 1.54) is 29.3 Å². The van der Waals surface area contributed by atoms with Gasteiger partial charge in [0, 0.05) is 38.9 Å². The predicted molar refractivity (Wildman–Crippen MR) is 127 cm³/mol. The van der Waals surface area contributed by atoms with Crippen LogP contribution in [0.15, 0.2) is 52.1 Å². The minimum Gasteiger partial charge on any atom is -0.348 e. The lowest BCUT2D eigenvalue weighted by molar-refractivity contribution is 0.393. The minimum absolute atomic E-state index is 0.342. The van der Waals surface area contributed by atoms with Gasteiger partial charge in [0.05, 0.1) is 11.9 Å². The van der Waals surface area contributed by atoms with Crippen LogP contribution in [0.3, 0.4) is 0 Å². The van der Waals surface area contributed by atoms with Crippen LogP contribution >= 0.6 is 23.1 Å². The topological polar surface area (TPSA) is 193 Å². The lowest BCUT2D eigenvalue weighted by atomic mass is 9.82. The van der Waals surface area contributed by atoms with Crippen molar-refractivity contribution in [2.45, 2.75) is 6.04 Å². The maximum absolute atomic E-state index is 5.17. The Bertz CT molecular complexity index is 1490. The third kappa shape index (κ3) is 3.17. The summed E-state index contributed by atoms with van der Waals surface area (Å²) in [4.78, 5) is 5.37. The summed E-state index contributed by atoms with van der Waals surface area (Å²) in [5.74, 6) is 1.11. The van der Waals surface area contributed by atoms with Crippen molar-refractivity contribution in [2.24, 2.45) is 0 Å². The standard InChI is InChI=1S/C19H12N14OS2/c1-2-13(20-4-1)33-17(9-3-5-35-27-9)15(11-7-34-31-23-11)14(10-6-21-28-22-10)16(19-25-29-30-26-19)18(33)12-8-36-32-24-12/h1-8,18,20H,(H,21,22,28)(H,25,26,29,30). The molecule has 0 spiro atoms. The van der Waals surface area contributed by atoms with Crippen molar-refractivity contribution >= 4 is 51.3 Å². The summed E-state index contributed by atoms with van der Waals surface area (Å²) in [7, 11) is 0. The van der Waals surface area contributed by atoms with E-state index in [0.717, 1.165) is 11.5 Å². The molecule has 3 N–H and O–H groups in total. The number of rotatable bonds is 6. The zero-order chi connectivity index (χ0) is 23.9. The molecule has 0 aliphatic carbocycles. The average molecular weight is 517 g/mol. The Hall–Kier alpha value is -4.90. The number of aromatic nitrogens is 13. The molecule has 0 saturated heterocycles. The molecule has 1 unspecified atom stereocenters. The number of nitrogens with one attached hydrogen (secondary N) is 3. The van der Waals surface area contributed by atoms with Crippen LogP contribution in [-0.4, -0.2) is 65.3 Å². The summed E-state index contributed by atoms with van der Waals surface area (Å²) < 4.78 is 14.0. The Morgan fingerprint density at radius 1 is 0.972 bits per heavy atom. The van der Waals surface area contributed by atoms with Crippen molar-refractivity contribution in [3.05, 3.63) is 76.2 Å². The molecule has 0 aromatic carbocycles. The molecule has 0 bridgehead atoms. The number of hydrogen-bond acceptors (Lipinski definition) is 14. The Labute approximate surface area is 208 Å². The molecule has 0 radical (unpaired) electrons. The first-order valence-electron chi connectivity index (χ1n) is 10.4. The number of hydrogen-bond donors (Lipinski definition) is 3. The van der Waals surface area contributed by atoms with E-state index < -0.39 is 6.04 Å². The Balaban J connectivity index is 1.68. The fraction of sp³-hybridized carbons (Fsp3) is 0.0526. The first-order valence-corrected chi connectivity index (χ1v) is 12.0. The van der Waals surface area contributed by atoms with Crippen molar-refractivity contribution in [2.75, 3.05) is 4.90 Å². The van der Waals surface area contributed by atoms with Gasteiger partial charge in [-0.15, -0.1) is 20.4 Å². The van der Waals surface area contributed by atoms with Gasteiger partial charge in [-0.2, -0.15) is 25.0 Å². The molecular weight excluding hydrogens is 504 g/mol. The van der Waals surface area contributed by atoms with E-state index >= 15 is 0 Å². The van der Waals surface area contributed by atoms with Crippen molar-refractivity contribution in [3.8, 4) is 0 Å². The Morgan fingerprint density at radius 3 is 2.64 bits per heavy atom. The van der Waals surface area contributed by atoms with E-state index in [4.69, 9.17) is 4.52 Å². The van der Waals surface area contributed by atoms with E-state index in [-0.39, 0.29) is 0 Å². The lowest BCUT2D eigenvalue weighted by Crippen LogP contribution is -2.34. The highest BCUT2D eigenvalue weighted by molar-refractivity contribution is 7.03. The molecule has 0 amide bonds. The molecule has 1 atom stereocenters. The predicted octanol–water partition coefficient (Wildman–Crippen LogP) is 2.08. The Morgan fingerprint density at radius 2 is 1.97 bits per heavy atom. The summed E-state index contributed by atoms with van der Waals surface area (Å²) in [5, 5.41) is 42.4. The second kappa shape index (κ2) is 8.40. The number of nitrogens with zero attached hydrogens (tertiary/aromatic N) is 11. The van der Waals surface area contributed by atoms with E-state index in [9.17, 15) is 0 Å². The maximum atomic E-state index is 5.17. The highest BCUT2D eigenvalue weighted by atomic mass is 32.1. The van der Waals surface area contributed by atoms with Gasteiger partial charge in [0.15, 0.2) is 6.26 Å². The first-order chi connectivity index (χ1) is 17.9. The van der Waals surface area contributed by atoms with E-state index in [1.807, 2.05) is 35.2 Å². The van der Waals surface area contributed by atoms with Gasteiger partial charge in [0.2, 0.25) is 5.82 Å². The van der Waals surface area contributed by atoms with Crippen molar-refractivity contribution < 1.29 is 4.52 Å². The molecule has 0 saturated carbocycles. The van der Waals surface area contributed by atoms with Crippen molar-refractivity contribution in [3.63, 3.8) is 0 Å². The zero-order valence-corrected chi connectivity index (χ0v) is 19.5. The summed E-state index contributed by atoms with van der Waals surface area (Å²) >= 11 is 2.57. The first kappa shape index (κ1) is 20.5. The molecule has 1 aliphatic heterocycles. The zero-order valence-electron chi connectivity index (χ0n) is 17.8. The van der Waals surface area contributed by atoms with Gasteiger partial charge in [0.25, 0.3) is 0 Å². The van der Waals surface area contributed by atoms with Crippen molar-refractivity contribution in [1.29, 1.82) is 0 Å². The van der Waals surface area contributed by atoms with Gasteiger partial charge in [-0.1, -0.05) is 4.49 Å². The molecule has 176 valence electrons. The average Bonchev–Trinajstić information content (AvgIpc) is 3.78. The molecular formula is C19H12N14OS2. The normalized spacial score (nSPS) is 16.3. The highest BCUT2D eigenvalue weighted by Gasteiger charge is 2.44. The van der Waals surface area contributed by atoms with Crippen LogP contribution in [0.2, 0.25) is 0 Å². The van der Waals surface area contributed by atoms with Crippen LogP contribution in [0.1, 0.15) is 34.6 Å². The van der Waals surface area contributed by atoms with Crippen LogP contribution in [0, 0.1) is 0 Å².